The molecule has 0 aromatic carbocycles. The highest BCUT2D eigenvalue weighted by Gasteiger charge is 2.25. The van der Waals surface area contributed by atoms with Crippen molar-refractivity contribution in [3.63, 3.8) is 0 Å². The number of carbonyl (C=O) groups excluding carboxylic acids is 2. The Balaban J connectivity index is -0.000000146. The van der Waals surface area contributed by atoms with Gasteiger partial charge in [0, 0.05) is 5.41 Å². The molecule has 26 heavy (non-hydrogen) atoms. The van der Waals surface area contributed by atoms with Gasteiger partial charge in [-0.15, -0.1) is 0 Å². The summed E-state index contributed by atoms with van der Waals surface area (Å²) in [7, 11) is 2.04. The van der Waals surface area contributed by atoms with Crippen LogP contribution in [-0.2, 0) is 9.59 Å². The number of rotatable bonds is 4. The van der Waals surface area contributed by atoms with Crippen LogP contribution in [0.25, 0.3) is 0 Å². The van der Waals surface area contributed by atoms with E-state index in [1.54, 1.807) is 13.8 Å². The van der Waals surface area contributed by atoms with Gasteiger partial charge in [0.05, 0.1) is 6.04 Å². The van der Waals surface area contributed by atoms with Crippen LogP contribution in [-0.4, -0.2) is 42.4 Å². The molecule has 0 aliphatic carbocycles. The summed E-state index contributed by atoms with van der Waals surface area (Å²) < 4.78 is 0. The molecule has 1 aliphatic heterocycles. The molecule has 7 nitrogen and oxygen atoms in total. The molecule has 0 saturated carbocycles. The van der Waals surface area contributed by atoms with Gasteiger partial charge in [-0.1, -0.05) is 62.3 Å². The van der Waals surface area contributed by atoms with Gasteiger partial charge in [0.1, 0.15) is 0 Å². The number of nitrogens with two attached hydrogens (primary N) is 2. The number of carbonyl (C=O) groups is 2. The Bertz CT molecular complexity index is 358. The van der Waals surface area contributed by atoms with Gasteiger partial charge in [-0.25, -0.2) is 5.84 Å². The molecule has 1 fully saturated rings. The summed E-state index contributed by atoms with van der Waals surface area (Å²) in [5.41, 5.74) is 2.05. The quantitative estimate of drug-likeness (QED) is 0.174. The lowest BCUT2D eigenvalue weighted by Crippen LogP contribution is -2.45. The monoisotopic (exact) mass is 375 g/mol. The van der Waals surface area contributed by atoms with Crippen LogP contribution >= 0.6 is 0 Å². The number of nitrogens with one attached hydrogen (secondary N) is 1. The highest BCUT2D eigenvalue weighted by atomic mass is 16.2. The van der Waals surface area contributed by atoms with Gasteiger partial charge in [-0.05, 0) is 32.9 Å². The highest BCUT2D eigenvalue weighted by Crippen LogP contribution is 2.19. The lowest BCUT2D eigenvalue weighted by atomic mass is 9.86. The van der Waals surface area contributed by atoms with Crippen LogP contribution in [0, 0.1) is 5.41 Å². The molecular weight excluding hydrogens is 330 g/mol. The zero-order chi connectivity index (χ0) is 21.8. The summed E-state index contributed by atoms with van der Waals surface area (Å²) in [6.45, 7) is 18.5. The Labute approximate surface area is 161 Å². The second-order valence-corrected chi connectivity index (χ2v) is 5.52. The molecule has 0 spiro atoms. The van der Waals surface area contributed by atoms with Crippen molar-refractivity contribution in [3.8, 4) is 0 Å². The standard InChI is InChI=1S/C7H12O2.C6H15N5.3C2H6/c1-4-7(2,3)6(9)5-8;1-11-4-2-3-5(11)6(9-7)10-8;3*1-2/h5H,4H2,1-3H3;5H,2-4,7-8H2,1H3,(H,9,10);3*1-2H3. The van der Waals surface area contributed by atoms with Gasteiger partial charge in [-0.3, -0.25) is 14.5 Å². The summed E-state index contributed by atoms with van der Waals surface area (Å²) in [5, 5.41) is 3.58. The third-order valence-corrected chi connectivity index (χ3v) is 3.78. The fourth-order valence-electron chi connectivity index (χ4n) is 1.81. The number of Topliss-reactive ketones (excluding diaryl/α,β-unsaturated/α-hetero) is 1. The van der Waals surface area contributed by atoms with Crippen LogP contribution in [0.5, 0.6) is 0 Å². The van der Waals surface area contributed by atoms with Crippen molar-refractivity contribution in [3.05, 3.63) is 0 Å². The van der Waals surface area contributed by atoms with Crippen LogP contribution in [0.2, 0.25) is 0 Å². The molecule has 1 atom stereocenters. The van der Waals surface area contributed by atoms with Gasteiger partial charge in [-0.2, -0.15) is 5.10 Å². The van der Waals surface area contributed by atoms with Crippen molar-refractivity contribution in [1.82, 2.24) is 10.3 Å². The van der Waals surface area contributed by atoms with Gasteiger partial charge in [0.25, 0.3) is 0 Å². The summed E-state index contributed by atoms with van der Waals surface area (Å²) in [5.74, 6) is 10.7. The maximum Gasteiger partial charge on any atom is 0.200 e. The second kappa shape index (κ2) is 21.6. The van der Waals surface area contributed by atoms with Gasteiger partial charge >= 0.3 is 0 Å². The lowest BCUT2D eigenvalue weighted by Gasteiger charge is -2.19. The Kier molecular flexibility index (Phi) is 26.7. The Morgan fingerprint density at radius 2 is 1.69 bits per heavy atom. The van der Waals surface area contributed by atoms with E-state index in [-0.39, 0.29) is 11.8 Å². The average molecular weight is 376 g/mol. The molecule has 0 bridgehead atoms. The zero-order valence-electron chi connectivity index (χ0n) is 18.8. The first kappa shape index (κ1) is 32.2. The van der Waals surface area contributed by atoms with E-state index in [4.69, 9.17) is 11.7 Å². The molecule has 1 unspecified atom stereocenters. The van der Waals surface area contributed by atoms with Gasteiger partial charge < -0.3 is 11.3 Å². The number of likely N-dealkylation sites (tertiary alicyclic amines) is 1. The zero-order valence-corrected chi connectivity index (χ0v) is 18.8. The van der Waals surface area contributed by atoms with E-state index in [0.717, 1.165) is 13.0 Å². The van der Waals surface area contributed by atoms with E-state index in [9.17, 15) is 9.59 Å². The third-order valence-electron chi connectivity index (χ3n) is 3.78. The molecule has 158 valence electrons. The average Bonchev–Trinajstić information content (AvgIpc) is 3.13. The lowest BCUT2D eigenvalue weighted by molar-refractivity contribution is -0.135. The van der Waals surface area contributed by atoms with E-state index in [1.807, 2.05) is 55.5 Å². The molecule has 1 aliphatic rings. The van der Waals surface area contributed by atoms with E-state index in [2.05, 4.69) is 15.4 Å². The highest BCUT2D eigenvalue weighted by molar-refractivity contribution is 6.27. The molecular formula is C19H45N5O2. The van der Waals surface area contributed by atoms with Crippen LogP contribution in [0.4, 0.5) is 0 Å². The number of aldehydes is 1. The van der Waals surface area contributed by atoms with E-state index < -0.39 is 5.41 Å². The first-order valence-electron chi connectivity index (χ1n) is 9.78. The maximum atomic E-state index is 10.7. The van der Waals surface area contributed by atoms with Crippen LogP contribution < -0.4 is 17.1 Å². The smallest absolute Gasteiger partial charge is 0.200 e. The van der Waals surface area contributed by atoms with E-state index in [0.29, 0.717) is 18.5 Å². The van der Waals surface area contributed by atoms with Crippen molar-refractivity contribution in [2.45, 2.75) is 87.6 Å². The predicted octanol–water partition coefficient (Wildman–Crippen LogP) is 3.09. The second-order valence-electron chi connectivity index (χ2n) is 5.52. The minimum Gasteiger partial charge on any atom is -0.321 e. The molecule has 0 aromatic heterocycles. The molecule has 7 heteroatoms. The molecule has 1 saturated heterocycles. The van der Waals surface area contributed by atoms with Gasteiger partial charge in [0.15, 0.2) is 12.1 Å². The SMILES string of the molecule is CC.CC.CC.CCC(C)(C)C(=O)C=O.CN1CCCC1/C(=N/N)NN. The number of ketones is 1. The van der Waals surface area contributed by atoms with Crippen LogP contribution in [0.15, 0.2) is 5.10 Å². The molecule has 0 amide bonds. The Morgan fingerprint density at radius 1 is 1.23 bits per heavy atom. The first-order chi connectivity index (χ1) is 12.3. The number of hydrogen-bond donors (Lipinski definition) is 3. The largest absolute Gasteiger partial charge is 0.321 e. The number of nitrogens with zero attached hydrogens (tertiary/aromatic N) is 2. The fourth-order valence-corrected chi connectivity index (χ4v) is 1.81. The summed E-state index contributed by atoms with van der Waals surface area (Å²) in [6, 6.07) is 0.282. The number of likely N-dealkylation sites (N-methyl/N-ethyl adjacent to an activating group) is 1. The van der Waals surface area contributed by atoms with Gasteiger partial charge in [0.2, 0.25) is 5.78 Å². The van der Waals surface area contributed by atoms with Crippen molar-refractivity contribution in [2.75, 3.05) is 13.6 Å². The summed E-state index contributed by atoms with van der Waals surface area (Å²) >= 11 is 0. The summed E-state index contributed by atoms with van der Waals surface area (Å²) in [4.78, 5) is 22.8. The van der Waals surface area contributed by atoms with E-state index >= 15 is 0 Å². The molecule has 1 heterocycles. The third kappa shape index (κ3) is 13.8. The van der Waals surface area contributed by atoms with Crippen LogP contribution in [0.3, 0.4) is 0 Å². The molecule has 0 aromatic rings. The van der Waals surface area contributed by atoms with Crippen LogP contribution in [0.1, 0.15) is 81.6 Å². The number of hydrogen-bond acceptors (Lipinski definition) is 6. The van der Waals surface area contributed by atoms with E-state index in [1.165, 1.54) is 6.42 Å². The molecule has 5 N–H and O–H groups in total. The summed E-state index contributed by atoms with van der Waals surface area (Å²) in [6.07, 6.45) is 3.37. The minimum absolute atomic E-state index is 0.282. The number of hydrazine groups is 1. The number of amidine groups is 1. The Morgan fingerprint density at radius 3 is 1.88 bits per heavy atom. The fraction of sp³-hybridized carbons (Fsp3) is 0.842. The Hall–Kier alpha value is -1.47. The molecule has 1 rings (SSSR count). The predicted molar refractivity (Wildman–Crippen MR) is 114 cm³/mol. The number of hydrazone groups is 1. The van der Waals surface area contributed by atoms with Crippen molar-refractivity contribution >= 4 is 17.9 Å². The maximum absolute atomic E-state index is 10.7. The van der Waals surface area contributed by atoms with Crippen molar-refractivity contribution in [2.24, 2.45) is 22.2 Å². The van der Waals surface area contributed by atoms with Crippen molar-refractivity contribution in [1.29, 1.82) is 0 Å². The topological polar surface area (TPSA) is 114 Å². The first-order valence-corrected chi connectivity index (χ1v) is 9.78. The minimum atomic E-state index is -0.457. The normalized spacial score (nSPS) is 16.1. The molecule has 0 radical (unpaired) electrons. The van der Waals surface area contributed by atoms with Crippen molar-refractivity contribution < 1.29 is 9.59 Å².